The summed E-state index contributed by atoms with van der Waals surface area (Å²) in [6, 6.07) is 23.5. The molecule has 1 atom stereocenters. The molecule has 7 nitrogen and oxygen atoms in total. The molecule has 7 heteroatoms. The number of rotatable bonds is 5. The highest BCUT2D eigenvalue weighted by molar-refractivity contribution is 5.95. The van der Waals surface area contributed by atoms with E-state index >= 15 is 0 Å². The van der Waals surface area contributed by atoms with Crippen molar-refractivity contribution in [3.8, 4) is 17.2 Å². The quantitative estimate of drug-likeness (QED) is 0.639. The van der Waals surface area contributed by atoms with Crippen LogP contribution in [0.3, 0.4) is 0 Å². The van der Waals surface area contributed by atoms with Gasteiger partial charge in [-0.1, -0.05) is 42.5 Å². The smallest absolute Gasteiger partial charge is 0.283 e. The summed E-state index contributed by atoms with van der Waals surface area (Å²) in [7, 11) is 0. The molecule has 3 aromatic rings. The predicted molar refractivity (Wildman–Crippen MR) is 109 cm³/mol. The maximum absolute atomic E-state index is 12.3. The van der Waals surface area contributed by atoms with Gasteiger partial charge in [0.05, 0.1) is 0 Å². The summed E-state index contributed by atoms with van der Waals surface area (Å²) in [5.41, 5.74) is 6.19. The van der Waals surface area contributed by atoms with E-state index in [4.69, 9.17) is 14.2 Å². The van der Waals surface area contributed by atoms with Crippen LogP contribution in [0.4, 0.5) is 0 Å². The molecule has 30 heavy (non-hydrogen) atoms. The van der Waals surface area contributed by atoms with Crippen molar-refractivity contribution >= 4 is 11.8 Å². The van der Waals surface area contributed by atoms with Crippen molar-refractivity contribution in [3.05, 3.63) is 90.0 Å². The van der Waals surface area contributed by atoms with Crippen LogP contribution in [0.1, 0.15) is 15.9 Å². The van der Waals surface area contributed by atoms with Crippen LogP contribution in [0.5, 0.6) is 17.2 Å². The van der Waals surface area contributed by atoms with Crippen LogP contribution >= 0.6 is 0 Å². The maximum atomic E-state index is 12.3. The second-order valence-electron chi connectivity index (χ2n) is 6.61. The average molecular weight is 404 g/mol. The molecule has 0 saturated carbocycles. The normalized spacial score (nSPS) is 14.5. The highest BCUT2D eigenvalue weighted by atomic mass is 16.6. The fourth-order valence-corrected chi connectivity index (χ4v) is 2.86. The minimum Gasteiger partial charge on any atom is -0.489 e. The number of fused-ring (bicyclic) bond motifs is 1. The summed E-state index contributed by atoms with van der Waals surface area (Å²) in [5.74, 6) is 0.767. The number of carbonyl (C=O) groups excluding carboxylic acids is 2. The number of amides is 2. The van der Waals surface area contributed by atoms with Gasteiger partial charge in [-0.05, 0) is 42.0 Å². The van der Waals surface area contributed by atoms with Gasteiger partial charge < -0.3 is 14.2 Å². The first kappa shape index (κ1) is 19.3. The van der Waals surface area contributed by atoms with E-state index in [-0.39, 0.29) is 6.61 Å². The first-order valence-electron chi connectivity index (χ1n) is 9.44. The van der Waals surface area contributed by atoms with Crippen LogP contribution in [0.15, 0.2) is 78.9 Å². The molecule has 2 amide bonds. The average Bonchev–Trinajstić information content (AvgIpc) is 2.81. The van der Waals surface area contributed by atoms with Gasteiger partial charge in [0.2, 0.25) is 6.10 Å². The SMILES string of the molecule is O=C(NNC(=O)[C@@H]1COc2ccccc2O1)c1ccc(OCc2ccccc2)cc1. The van der Waals surface area contributed by atoms with Gasteiger partial charge >= 0.3 is 0 Å². The number of benzene rings is 3. The van der Waals surface area contributed by atoms with Gasteiger partial charge in [0.25, 0.3) is 11.8 Å². The highest BCUT2D eigenvalue weighted by Crippen LogP contribution is 2.30. The summed E-state index contributed by atoms with van der Waals surface area (Å²) in [6.45, 7) is 0.501. The summed E-state index contributed by atoms with van der Waals surface area (Å²) in [5, 5.41) is 0. The van der Waals surface area contributed by atoms with Crippen molar-refractivity contribution < 1.29 is 23.8 Å². The van der Waals surface area contributed by atoms with Crippen molar-refractivity contribution in [2.45, 2.75) is 12.7 Å². The molecule has 0 saturated heterocycles. The van der Waals surface area contributed by atoms with Crippen molar-refractivity contribution in [2.24, 2.45) is 0 Å². The summed E-state index contributed by atoms with van der Waals surface area (Å²) >= 11 is 0. The lowest BCUT2D eigenvalue weighted by molar-refractivity contribution is -0.131. The molecule has 152 valence electrons. The Bertz CT molecular complexity index is 1020. The van der Waals surface area contributed by atoms with Crippen molar-refractivity contribution in [1.82, 2.24) is 10.9 Å². The maximum Gasteiger partial charge on any atom is 0.283 e. The summed E-state index contributed by atoms with van der Waals surface area (Å²) in [4.78, 5) is 24.5. The van der Waals surface area contributed by atoms with Crippen molar-refractivity contribution in [2.75, 3.05) is 6.61 Å². The molecule has 1 heterocycles. The molecular weight excluding hydrogens is 384 g/mol. The zero-order valence-corrected chi connectivity index (χ0v) is 16.0. The molecule has 0 unspecified atom stereocenters. The van der Waals surface area contributed by atoms with Crippen molar-refractivity contribution in [1.29, 1.82) is 0 Å². The fourth-order valence-electron chi connectivity index (χ4n) is 2.86. The molecule has 3 aromatic carbocycles. The van der Waals surface area contributed by atoms with Gasteiger partial charge in [-0.25, -0.2) is 0 Å². The van der Waals surface area contributed by atoms with Gasteiger partial charge in [-0.2, -0.15) is 0 Å². The Morgan fingerprint density at radius 1 is 0.867 bits per heavy atom. The van der Waals surface area contributed by atoms with E-state index in [0.29, 0.717) is 29.4 Å². The number of hydrogen-bond acceptors (Lipinski definition) is 5. The van der Waals surface area contributed by atoms with Crippen LogP contribution < -0.4 is 25.1 Å². The van der Waals surface area contributed by atoms with Gasteiger partial charge in [0, 0.05) is 5.56 Å². The lowest BCUT2D eigenvalue weighted by atomic mass is 10.2. The molecule has 0 radical (unpaired) electrons. The number of hydrogen-bond donors (Lipinski definition) is 2. The molecule has 1 aliphatic heterocycles. The zero-order valence-electron chi connectivity index (χ0n) is 16.0. The number of carbonyl (C=O) groups is 2. The van der Waals surface area contributed by atoms with Gasteiger partial charge in [0.1, 0.15) is 19.0 Å². The molecule has 0 bridgehead atoms. The van der Waals surface area contributed by atoms with Crippen molar-refractivity contribution in [3.63, 3.8) is 0 Å². The monoisotopic (exact) mass is 404 g/mol. The molecule has 2 N–H and O–H groups in total. The van der Waals surface area contributed by atoms with E-state index < -0.39 is 17.9 Å². The summed E-state index contributed by atoms with van der Waals surface area (Å²) in [6.07, 6.45) is -0.853. The van der Waals surface area contributed by atoms with E-state index in [0.717, 1.165) is 5.56 Å². The number of para-hydroxylation sites is 2. The van der Waals surface area contributed by atoms with Gasteiger partial charge in [-0.3, -0.25) is 20.4 Å². The third kappa shape index (κ3) is 4.70. The van der Waals surface area contributed by atoms with Gasteiger partial charge in [-0.15, -0.1) is 0 Å². The number of nitrogens with one attached hydrogen (secondary N) is 2. The van der Waals surface area contributed by atoms with Crippen LogP contribution in [0.25, 0.3) is 0 Å². The molecule has 0 spiro atoms. The lowest BCUT2D eigenvalue weighted by Gasteiger charge is -2.25. The van der Waals surface area contributed by atoms with Gasteiger partial charge in [0.15, 0.2) is 11.5 Å². The van der Waals surface area contributed by atoms with Crippen LogP contribution in [0, 0.1) is 0 Å². The molecule has 0 aliphatic carbocycles. The highest BCUT2D eigenvalue weighted by Gasteiger charge is 2.27. The van der Waals surface area contributed by atoms with E-state index in [9.17, 15) is 9.59 Å². The standard InChI is InChI=1S/C23H20N2O5/c26-22(17-10-12-18(13-11-17)28-14-16-6-2-1-3-7-16)24-25-23(27)21-15-29-19-8-4-5-9-20(19)30-21/h1-13,21H,14-15H2,(H,24,26)(H,25,27)/t21-/m0/s1. The van der Waals surface area contributed by atoms with E-state index in [1.807, 2.05) is 36.4 Å². The van der Waals surface area contributed by atoms with Crippen LogP contribution in [0.2, 0.25) is 0 Å². The fraction of sp³-hybridized carbons (Fsp3) is 0.130. The topological polar surface area (TPSA) is 85.9 Å². The van der Waals surface area contributed by atoms with E-state index in [2.05, 4.69) is 10.9 Å². The second kappa shape index (κ2) is 9.00. The Morgan fingerprint density at radius 2 is 1.57 bits per heavy atom. The van der Waals surface area contributed by atoms with E-state index in [1.54, 1.807) is 42.5 Å². The minimum atomic E-state index is -0.853. The van der Waals surface area contributed by atoms with Crippen LogP contribution in [-0.2, 0) is 11.4 Å². The third-order valence-electron chi connectivity index (χ3n) is 4.47. The second-order valence-corrected chi connectivity index (χ2v) is 6.61. The van der Waals surface area contributed by atoms with E-state index in [1.165, 1.54) is 0 Å². The Morgan fingerprint density at radius 3 is 2.33 bits per heavy atom. The Labute approximate surface area is 173 Å². The number of hydrazine groups is 1. The molecular formula is C23H20N2O5. The first-order valence-corrected chi connectivity index (χ1v) is 9.44. The zero-order chi connectivity index (χ0) is 20.8. The largest absolute Gasteiger partial charge is 0.489 e. The Kier molecular flexibility index (Phi) is 5.80. The first-order chi connectivity index (χ1) is 14.7. The third-order valence-corrected chi connectivity index (χ3v) is 4.47. The molecule has 1 aliphatic rings. The molecule has 4 rings (SSSR count). The number of ether oxygens (including phenoxy) is 3. The molecule has 0 aromatic heterocycles. The lowest BCUT2D eigenvalue weighted by Crippen LogP contribution is -2.50. The summed E-state index contributed by atoms with van der Waals surface area (Å²) < 4.78 is 16.8. The van der Waals surface area contributed by atoms with Crippen LogP contribution in [-0.4, -0.2) is 24.5 Å². The molecule has 0 fully saturated rings. The predicted octanol–water partition coefficient (Wildman–Crippen LogP) is 2.87. The Hall–Kier alpha value is -4.00. The minimum absolute atomic E-state index is 0.0617. The Balaban J connectivity index is 1.26.